The molecule has 4 nitrogen and oxygen atoms in total. The van der Waals surface area contributed by atoms with Crippen molar-refractivity contribution in [2.45, 2.75) is 32.2 Å². The van der Waals surface area contributed by atoms with Crippen LogP contribution >= 0.6 is 11.6 Å². The van der Waals surface area contributed by atoms with Gasteiger partial charge in [0.05, 0.1) is 17.2 Å². The van der Waals surface area contributed by atoms with E-state index in [4.69, 9.17) is 16.3 Å². The molecule has 2 rings (SSSR count). The van der Waals surface area contributed by atoms with Gasteiger partial charge in [-0.25, -0.2) is 9.18 Å². The van der Waals surface area contributed by atoms with Crippen LogP contribution in [0.2, 0.25) is 5.02 Å². The summed E-state index contributed by atoms with van der Waals surface area (Å²) in [5, 5.41) is -0.212. The summed E-state index contributed by atoms with van der Waals surface area (Å²) in [6, 6.07) is 3.46. The number of likely N-dealkylation sites (tertiary alicyclic amines) is 1. The van der Waals surface area contributed by atoms with Crippen LogP contribution in [0, 0.1) is 5.82 Å². The Morgan fingerprint density at radius 1 is 1.43 bits per heavy atom. The number of hydrogen-bond donors (Lipinski definition) is 0. The summed E-state index contributed by atoms with van der Waals surface area (Å²) in [5.41, 5.74) is 0.0767. The summed E-state index contributed by atoms with van der Waals surface area (Å²) in [6.07, 6.45) is 2.20. The van der Waals surface area contributed by atoms with Crippen molar-refractivity contribution in [3.8, 4) is 0 Å². The first kappa shape index (κ1) is 15.8. The summed E-state index contributed by atoms with van der Waals surface area (Å²) in [6.45, 7) is 2.42. The smallest absolute Gasteiger partial charge is 0.328 e. The first-order chi connectivity index (χ1) is 10.1. The van der Waals surface area contributed by atoms with Crippen molar-refractivity contribution in [1.29, 1.82) is 0 Å². The molecule has 1 fully saturated rings. The molecule has 0 spiro atoms. The average molecular weight is 314 g/mol. The molecule has 1 amide bonds. The van der Waals surface area contributed by atoms with E-state index in [0.29, 0.717) is 13.0 Å². The second-order valence-electron chi connectivity index (χ2n) is 4.86. The van der Waals surface area contributed by atoms with Crippen molar-refractivity contribution < 1.29 is 18.7 Å². The summed E-state index contributed by atoms with van der Waals surface area (Å²) in [7, 11) is 0. The van der Waals surface area contributed by atoms with E-state index in [2.05, 4.69) is 0 Å². The van der Waals surface area contributed by atoms with Gasteiger partial charge < -0.3 is 9.64 Å². The molecule has 0 bridgehead atoms. The van der Waals surface area contributed by atoms with E-state index in [-0.39, 0.29) is 17.2 Å². The number of nitrogens with zero attached hydrogens (tertiary/aromatic N) is 1. The molecule has 1 unspecified atom stereocenters. The molecule has 0 aromatic heterocycles. The van der Waals surface area contributed by atoms with Crippen LogP contribution in [0.4, 0.5) is 4.39 Å². The van der Waals surface area contributed by atoms with Crippen LogP contribution in [-0.4, -0.2) is 36.0 Å². The first-order valence-corrected chi connectivity index (χ1v) is 7.35. The fourth-order valence-corrected chi connectivity index (χ4v) is 2.69. The quantitative estimate of drug-likeness (QED) is 0.806. The minimum atomic E-state index is -0.646. The van der Waals surface area contributed by atoms with E-state index in [1.807, 2.05) is 0 Å². The SMILES string of the molecule is CCOC(=O)C1CCCCN1C(=O)c1cccc(F)c1Cl. The van der Waals surface area contributed by atoms with Crippen molar-refractivity contribution in [2.24, 2.45) is 0 Å². The number of piperidine rings is 1. The molecule has 1 atom stereocenters. The number of carbonyl (C=O) groups is 2. The maximum Gasteiger partial charge on any atom is 0.328 e. The number of ether oxygens (including phenoxy) is 1. The Hall–Kier alpha value is -1.62. The standard InChI is InChI=1S/C15H17ClFNO3/c1-2-21-15(20)12-8-3-4-9-18(12)14(19)10-6-5-7-11(17)13(10)16/h5-7,12H,2-4,8-9H2,1H3. The molecule has 0 radical (unpaired) electrons. The average Bonchev–Trinajstić information content (AvgIpc) is 2.49. The highest BCUT2D eigenvalue weighted by Crippen LogP contribution is 2.25. The lowest BCUT2D eigenvalue weighted by Gasteiger charge is -2.34. The third kappa shape index (κ3) is 3.35. The van der Waals surface area contributed by atoms with Crippen molar-refractivity contribution in [2.75, 3.05) is 13.2 Å². The number of amides is 1. The van der Waals surface area contributed by atoms with Crippen molar-refractivity contribution in [3.05, 3.63) is 34.6 Å². The Balaban J connectivity index is 2.26. The molecule has 6 heteroatoms. The van der Waals surface area contributed by atoms with Gasteiger partial charge in [0.1, 0.15) is 11.9 Å². The fraction of sp³-hybridized carbons (Fsp3) is 0.467. The van der Waals surface area contributed by atoms with Gasteiger partial charge >= 0.3 is 5.97 Å². The second kappa shape index (κ2) is 6.89. The van der Waals surface area contributed by atoms with Crippen LogP contribution in [0.25, 0.3) is 0 Å². The molecule has 1 heterocycles. The molecule has 21 heavy (non-hydrogen) atoms. The number of halogens is 2. The van der Waals surface area contributed by atoms with Crippen LogP contribution in [0.5, 0.6) is 0 Å². The van der Waals surface area contributed by atoms with Crippen LogP contribution in [0.1, 0.15) is 36.5 Å². The van der Waals surface area contributed by atoms with Crippen LogP contribution in [0.3, 0.4) is 0 Å². The van der Waals surface area contributed by atoms with Gasteiger partial charge in [-0.2, -0.15) is 0 Å². The highest BCUT2D eigenvalue weighted by Gasteiger charge is 2.34. The molecule has 1 saturated heterocycles. The lowest BCUT2D eigenvalue weighted by molar-refractivity contribution is -0.149. The molecular formula is C15H17ClFNO3. The maximum atomic E-state index is 13.5. The van der Waals surface area contributed by atoms with Crippen molar-refractivity contribution in [3.63, 3.8) is 0 Å². The van der Waals surface area contributed by atoms with Gasteiger partial charge in [0.15, 0.2) is 0 Å². The van der Waals surface area contributed by atoms with E-state index in [1.54, 1.807) is 6.92 Å². The zero-order valence-corrected chi connectivity index (χ0v) is 12.5. The predicted molar refractivity (Wildman–Crippen MR) is 76.7 cm³/mol. The Kier molecular flexibility index (Phi) is 5.17. The topological polar surface area (TPSA) is 46.6 Å². The summed E-state index contributed by atoms with van der Waals surface area (Å²) in [5.74, 6) is -1.50. The number of benzene rings is 1. The molecular weight excluding hydrogens is 297 g/mol. The predicted octanol–water partition coefficient (Wildman–Crippen LogP) is 3.04. The summed E-state index contributed by atoms with van der Waals surface area (Å²) < 4.78 is 18.5. The highest BCUT2D eigenvalue weighted by molar-refractivity contribution is 6.34. The number of hydrogen-bond acceptors (Lipinski definition) is 3. The van der Waals surface area contributed by atoms with Gasteiger partial charge in [-0.1, -0.05) is 17.7 Å². The maximum absolute atomic E-state index is 13.5. The minimum absolute atomic E-state index is 0.0767. The van der Waals surface area contributed by atoms with E-state index in [1.165, 1.54) is 23.1 Å². The van der Waals surface area contributed by atoms with E-state index < -0.39 is 23.7 Å². The largest absolute Gasteiger partial charge is 0.464 e. The Morgan fingerprint density at radius 2 is 2.19 bits per heavy atom. The molecule has 0 N–H and O–H groups in total. The summed E-state index contributed by atoms with van der Waals surface area (Å²) >= 11 is 5.86. The van der Waals surface area contributed by atoms with Gasteiger partial charge in [0, 0.05) is 6.54 Å². The lowest BCUT2D eigenvalue weighted by Crippen LogP contribution is -2.48. The van der Waals surface area contributed by atoms with Crippen LogP contribution in [-0.2, 0) is 9.53 Å². The van der Waals surface area contributed by atoms with Crippen molar-refractivity contribution >= 4 is 23.5 Å². The zero-order chi connectivity index (χ0) is 15.4. The molecule has 0 aliphatic carbocycles. The normalized spacial score (nSPS) is 18.4. The van der Waals surface area contributed by atoms with E-state index in [9.17, 15) is 14.0 Å². The lowest BCUT2D eigenvalue weighted by atomic mass is 10.0. The molecule has 1 aromatic rings. The Labute approximate surface area is 127 Å². The highest BCUT2D eigenvalue weighted by atomic mass is 35.5. The van der Waals surface area contributed by atoms with Gasteiger partial charge in [-0.05, 0) is 38.3 Å². The molecule has 1 aliphatic rings. The third-order valence-corrected chi connectivity index (χ3v) is 3.89. The Morgan fingerprint density at radius 3 is 2.90 bits per heavy atom. The van der Waals surface area contributed by atoms with Gasteiger partial charge in [0.25, 0.3) is 5.91 Å². The van der Waals surface area contributed by atoms with Crippen molar-refractivity contribution in [1.82, 2.24) is 4.90 Å². The van der Waals surface area contributed by atoms with Gasteiger partial charge in [-0.3, -0.25) is 4.79 Å². The second-order valence-corrected chi connectivity index (χ2v) is 5.24. The third-order valence-electron chi connectivity index (χ3n) is 3.50. The van der Waals surface area contributed by atoms with Crippen LogP contribution in [0.15, 0.2) is 18.2 Å². The molecule has 114 valence electrons. The van der Waals surface area contributed by atoms with E-state index in [0.717, 1.165) is 12.8 Å². The first-order valence-electron chi connectivity index (χ1n) is 6.98. The molecule has 1 aliphatic heterocycles. The summed E-state index contributed by atoms with van der Waals surface area (Å²) in [4.78, 5) is 26.0. The van der Waals surface area contributed by atoms with E-state index >= 15 is 0 Å². The number of rotatable bonds is 3. The monoisotopic (exact) mass is 313 g/mol. The minimum Gasteiger partial charge on any atom is -0.464 e. The van der Waals surface area contributed by atoms with Gasteiger partial charge in [-0.15, -0.1) is 0 Å². The fourth-order valence-electron chi connectivity index (χ4n) is 2.48. The van der Waals surface area contributed by atoms with Crippen LogP contribution < -0.4 is 0 Å². The Bertz CT molecular complexity index is 550. The van der Waals surface area contributed by atoms with Gasteiger partial charge in [0.2, 0.25) is 0 Å². The number of esters is 1. The molecule has 1 aromatic carbocycles. The zero-order valence-electron chi connectivity index (χ0n) is 11.8. The molecule has 0 saturated carbocycles. The number of carbonyl (C=O) groups excluding carboxylic acids is 2.